The monoisotopic (exact) mass is 317 g/mol. The molecule has 0 saturated carbocycles. The third-order valence-electron chi connectivity index (χ3n) is 3.07. The highest BCUT2D eigenvalue weighted by molar-refractivity contribution is 9.09. The summed E-state index contributed by atoms with van der Waals surface area (Å²) in [6.07, 6.45) is 0.279. The summed E-state index contributed by atoms with van der Waals surface area (Å²) in [5.41, 5.74) is 0.814. The molecule has 1 fully saturated rings. The molecule has 2 heterocycles. The molecule has 0 N–H and O–H groups in total. The zero-order chi connectivity index (χ0) is 12.8. The minimum atomic E-state index is -3.14. The van der Waals surface area contributed by atoms with Crippen molar-refractivity contribution in [3.8, 4) is 0 Å². The number of rotatable bonds is 2. The quantitative estimate of drug-likeness (QED) is 0.793. The number of alkyl halides is 3. The molecular formula is C12H10BrF2NO2. The van der Waals surface area contributed by atoms with E-state index in [1.165, 1.54) is 0 Å². The summed E-state index contributed by atoms with van der Waals surface area (Å²) in [7, 11) is 0. The minimum absolute atomic E-state index is 0.279. The molecule has 18 heavy (non-hydrogen) atoms. The lowest BCUT2D eigenvalue weighted by Crippen LogP contribution is -2.29. The van der Waals surface area contributed by atoms with Crippen LogP contribution < -0.4 is 0 Å². The van der Waals surface area contributed by atoms with Crippen molar-refractivity contribution in [1.29, 1.82) is 0 Å². The molecule has 0 aliphatic carbocycles. The van der Waals surface area contributed by atoms with Crippen LogP contribution in [0.4, 0.5) is 8.78 Å². The lowest BCUT2D eigenvalue weighted by atomic mass is 10.0. The Morgan fingerprint density at radius 3 is 2.78 bits per heavy atom. The summed E-state index contributed by atoms with van der Waals surface area (Å²) in [4.78, 5) is 3.87. The van der Waals surface area contributed by atoms with Crippen molar-refractivity contribution in [2.24, 2.45) is 5.92 Å². The molecule has 96 valence electrons. The molecule has 0 radical (unpaired) electrons. The van der Waals surface area contributed by atoms with Crippen LogP contribution in [0, 0.1) is 5.92 Å². The number of oxazole rings is 1. The van der Waals surface area contributed by atoms with E-state index in [-0.39, 0.29) is 6.42 Å². The molecule has 3 nitrogen and oxygen atoms in total. The first-order valence-corrected chi connectivity index (χ1v) is 6.50. The summed E-state index contributed by atoms with van der Waals surface area (Å²) in [6.45, 7) is 0.316. The van der Waals surface area contributed by atoms with Crippen molar-refractivity contribution in [2.75, 3.05) is 6.61 Å². The van der Waals surface area contributed by atoms with Gasteiger partial charge in [0.1, 0.15) is 10.5 Å². The molecular weight excluding hydrogens is 308 g/mol. The van der Waals surface area contributed by atoms with E-state index in [2.05, 4.69) is 20.9 Å². The van der Waals surface area contributed by atoms with Crippen LogP contribution in [0.25, 0.3) is 11.1 Å². The highest BCUT2D eigenvalue weighted by atomic mass is 79.9. The first-order valence-electron chi connectivity index (χ1n) is 5.58. The number of ether oxygens (including phenoxy) is 1. The molecule has 1 aliphatic rings. The maximum atomic E-state index is 14.3. The Morgan fingerprint density at radius 2 is 2.11 bits per heavy atom. The molecule has 1 aliphatic heterocycles. The number of benzene rings is 1. The van der Waals surface area contributed by atoms with Gasteiger partial charge in [-0.15, -0.1) is 0 Å². The Labute approximate surface area is 110 Å². The van der Waals surface area contributed by atoms with Crippen molar-refractivity contribution in [1.82, 2.24) is 4.98 Å². The summed E-state index contributed by atoms with van der Waals surface area (Å²) in [6, 6.07) is 6.73. The average Bonchev–Trinajstić information content (AvgIpc) is 2.94. The molecule has 2 atom stereocenters. The second kappa shape index (κ2) is 4.28. The van der Waals surface area contributed by atoms with Gasteiger partial charge in [0.25, 0.3) is 5.89 Å². The Kier molecular flexibility index (Phi) is 2.86. The molecule has 0 spiro atoms. The fraction of sp³-hybridized carbons (Fsp3) is 0.417. The third kappa shape index (κ3) is 1.83. The Hall–Kier alpha value is -1.01. The standard InChI is InChI=1S/C12H10BrF2NO2/c13-10-7(5-6-17-10)12(14,15)11-16-8-3-1-2-4-9(8)18-11/h1-4,7,10H,5-6H2. The van der Waals surface area contributed by atoms with Crippen LogP contribution in [0.2, 0.25) is 0 Å². The van der Waals surface area contributed by atoms with Crippen molar-refractivity contribution in [2.45, 2.75) is 17.4 Å². The van der Waals surface area contributed by atoms with E-state index in [1.54, 1.807) is 24.3 Å². The molecule has 6 heteroatoms. The van der Waals surface area contributed by atoms with Gasteiger partial charge in [0.15, 0.2) is 5.58 Å². The molecule has 3 rings (SSSR count). The smallest absolute Gasteiger partial charge is 0.328 e. The van der Waals surface area contributed by atoms with Crippen LogP contribution in [0.5, 0.6) is 0 Å². The van der Waals surface area contributed by atoms with Gasteiger partial charge >= 0.3 is 5.92 Å². The van der Waals surface area contributed by atoms with E-state index in [4.69, 9.17) is 9.15 Å². The molecule has 2 unspecified atom stereocenters. The van der Waals surface area contributed by atoms with Gasteiger partial charge in [-0.25, -0.2) is 4.98 Å². The SMILES string of the molecule is FC(F)(c1nc2ccccc2o1)C1CCOC1Br. The molecule has 0 bridgehead atoms. The highest BCUT2D eigenvalue weighted by Crippen LogP contribution is 2.45. The average molecular weight is 318 g/mol. The van der Waals surface area contributed by atoms with Crippen LogP contribution >= 0.6 is 15.9 Å². The van der Waals surface area contributed by atoms with Gasteiger partial charge in [0.05, 0.1) is 5.92 Å². The van der Waals surface area contributed by atoms with Crippen LogP contribution in [0.15, 0.2) is 28.7 Å². The van der Waals surface area contributed by atoms with E-state index < -0.39 is 22.7 Å². The fourth-order valence-corrected chi connectivity index (χ4v) is 2.86. The zero-order valence-corrected chi connectivity index (χ0v) is 10.9. The van der Waals surface area contributed by atoms with Gasteiger partial charge in [0, 0.05) is 6.61 Å². The first-order chi connectivity index (χ1) is 8.59. The molecule has 1 aromatic carbocycles. The summed E-state index contributed by atoms with van der Waals surface area (Å²) in [5.74, 6) is -4.63. The summed E-state index contributed by atoms with van der Waals surface area (Å²) in [5, 5.41) is -0.664. The van der Waals surface area contributed by atoms with Crippen LogP contribution in [0.1, 0.15) is 12.3 Å². The summed E-state index contributed by atoms with van der Waals surface area (Å²) < 4.78 is 38.8. The van der Waals surface area contributed by atoms with Gasteiger partial charge in [-0.1, -0.05) is 28.1 Å². The second-order valence-corrected chi connectivity index (χ2v) is 5.13. The Balaban J connectivity index is 2.01. The van der Waals surface area contributed by atoms with Crippen molar-refractivity contribution >= 4 is 27.0 Å². The third-order valence-corrected chi connectivity index (χ3v) is 3.97. The lowest BCUT2D eigenvalue weighted by molar-refractivity contribution is -0.0913. The van der Waals surface area contributed by atoms with E-state index in [1.807, 2.05) is 0 Å². The maximum absolute atomic E-state index is 14.3. The normalized spacial score (nSPS) is 24.8. The van der Waals surface area contributed by atoms with Gasteiger partial charge in [-0.3, -0.25) is 0 Å². The Bertz CT molecular complexity index is 539. The number of fused-ring (bicyclic) bond motifs is 1. The topological polar surface area (TPSA) is 35.3 Å². The minimum Gasteiger partial charge on any atom is -0.435 e. The second-order valence-electron chi connectivity index (χ2n) is 4.23. The molecule has 1 saturated heterocycles. The largest absolute Gasteiger partial charge is 0.435 e. The highest BCUT2D eigenvalue weighted by Gasteiger charge is 2.51. The van der Waals surface area contributed by atoms with Crippen LogP contribution in [0.3, 0.4) is 0 Å². The number of hydrogen-bond donors (Lipinski definition) is 0. The van der Waals surface area contributed by atoms with Crippen molar-refractivity contribution in [3.05, 3.63) is 30.2 Å². The van der Waals surface area contributed by atoms with Crippen LogP contribution in [-0.2, 0) is 10.7 Å². The fourth-order valence-electron chi connectivity index (χ4n) is 2.07. The van der Waals surface area contributed by atoms with Gasteiger partial charge in [-0.2, -0.15) is 8.78 Å². The number of aromatic nitrogens is 1. The van der Waals surface area contributed by atoms with Gasteiger partial charge < -0.3 is 9.15 Å². The number of hydrogen-bond acceptors (Lipinski definition) is 3. The molecule has 0 amide bonds. The molecule has 2 aromatic rings. The van der Waals surface area contributed by atoms with E-state index in [0.29, 0.717) is 17.7 Å². The number of para-hydroxylation sites is 2. The zero-order valence-electron chi connectivity index (χ0n) is 9.28. The lowest BCUT2D eigenvalue weighted by Gasteiger charge is -2.21. The van der Waals surface area contributed by atoms with Crippen molar-refractivity contribution < 1.29 is 17.9 Å². The Morgan fingerprint density at radius 1 is 1.33 bits per heavy atom. The van der Waals surface area contributed by atoms with Gasteiger partial charge in [0.2, 0.25) is 0 Å². The number of nitrogens with zero attached hydrogens (tertiary/aromatic N) is 1. The van der Waals surface area contributed by atoms with Gasteiger partial charge in [-0.05, 0) is 18.6 Å². The van der Waals surface area contributed by atoms with E-state index in [0.717, 1.165) is 0 Å². The number of halogens is 3. The van der Waals surface area contributed by atoms with E-state index >= 15 is 0 Å². The van der Waals surface area contributed by atoms with Crippen LogP contribution in [-0.4, -0.2) is 16.6 Å². The van der Waals surface area contributed by atoms with Crippen molar-refractivity contribution in [3.63, 3.8) is 0 Å². The maximum Gasteiger partial charge on any atom is 0.328 e. The predicted octanol–water partition coefficient (Wildman–Crippen LogP) is 3.68. The molecule has 1 aromatic heterocycles. The predicted molar refractivity (Wildman–Crippen MR) is 64.7 cm³/mol. The summed E-state index contributed by atoms with van der Waals surface area (Å²) >= 11 is 3.11. The first kappa shape index (κ1) is 12.0. The van der Waals surface area contributed by atoms with E-state index in [9.17, 15) is 8.78 Å².